The summed E-state index contributed by atoms with van der Waals surface area (Å²) >= 11 is 0. The van der Waals surface area contributed by atoms with Crippen molar-refractivity contribution in [2.75, 3.05) is 6.54 Å². The monoisotopic (exact) mass is 357 g/mol. The van der Waals surface area contributed by atoms with E-state index in [1.165, 1.54) is 17.0 Å². The fourth-order valence-electron chi connectivity index (χ4n) is 3.12. The van der Waals surface area contributed by atoms with Crippen LogP contribution >= 0.6 is 0 Å². The van der Waals surface area contributed by atoms with E-state index in [1.807, 2.05) is 0 Å². The number of carbonyl (C=O) groups excluding carboxylic acids is 2. The van der Waals surface area contributed by atoms with Gasteiger partial charge in [0.25, 0.3) is 5.91 Å². The Kier molecular flexibility index (Phi) is 3.66. The summed E-state index contributed by atoms with van der Waals surface area (Å²) in [6, 6.07) is 0.714. The Labute approximate surface area is 137 Å². The van der Waals surface area contributed by atoms with Crippen LogP contribution in [0.3, 0.4) is 0 Å². The molecule has 0 aliphatic carbocycles. The van der Waals surface area contributed by atoms with Crippen LogP contribution in [0.15, 0.2) is 18.2 Å². The number of nitrogens with zero attached hydrogens (tertiary/aromatic N) is 2. The van der Waals surface area contributed by atoms with Crippen molar-refractivity contribution in [2.45, 2.75) is 24.5 Å². The molecule has 0 radical (unpaired) electrons. The minimum Gasteiger partial charge on any atom is -0.504 e. The zero-order valence-corrected chi connectivity index (χ0v) is 13.0. The first-order valence-corrected chi connectivity index (χ1v) is 8.41. The normalized spacial score (nSPS) is 24.5. The molecule has 3 rings (SSSR count). The minimum atomic E-state index is -4.65. The summed E-state index contributed by atoms with van der Waals surface area (Å²) in [5, 5.41) is 18.8. The van der Waals surface area contributed by atoms with Crippen molar-refractivity contribution in [1.29, 1.82) is 0 Å². The second-order valence-corrected chi connectivity index (χ2v) is 6.96. The molecule has 2 aliphatic heterocycles. The molecule has 1 aromatic carbocycles. The van der Waals surface area contributed by atoms with Crippen LogP contribution in [-0.4, -0.2) is 62.8 Å². The van der Waals surface area contributed by atoms with Crippen LogP contribution in [-0.2, 0) is 19.9 Å². The Morgan fingerprint density at radius 1 is 1.29 bits per heavy atom. The van der Waals surface area contributed by atoms with E-state index < -0.39 is 46.0 Å². The van der Waals surface area contributed by atoms with Crippen LogP contribution in [0.5, 0.6) is 11.5 Å². The minimum absolute atomic E-state index is 0.115. The molecule has 0 aromatic heterocycles. The van der Waals surface area contributed by atoms with Gasteiger partial charge in [0, 0.05) is 6.54 Å². The highest BCUT2D eigenvalue weighted by molar-refractivity contribution is 7.84. The van der Waals surface area contributed by atoms with Crippen LogP contribution in [0.25, 0.3) is 0 Å². The van der Waals surface area contributed by atoms with E-state index >= 15 is 0 Å². The summed E-state index contributed by atoms with van der Waals surface area (Å²) < 4.78 is 31.7. The van der Waals surface area contributed by atoms with E-state index in [0.29, 0.717) is 4.31 Å². The molecule has 2 fully saturated rings. The Balaban J connectivity index is 1.79. The molecule has 2 aliphatic rings. The lowest BCUT2D eigenvalue weighted by Crippen LogP contribution is -2.68. The van der Waals surface area contributed by atoms with Crippen molar-refractivity contribution >= 4 is 22.1 Å². The van der Waals surface area contributed by atoms with E-state index in [9.17, 15) is 28.2 Å². The third-order valence-electron chi connectivity index (χ3n) is 4.29. The summed E-state index contributed by atoms with van der Waals surface area (Å²) in [6.07, 6.45) is 0.204. The number of hydrogen-bond acceptors (Lipinski definition) is 7. The number of nitrogens with two attached hydrogens (primary N) is 1. The van der Waals surface area contributed by atoms with E-state index in [-0.39, 0.29) is 24.3 Å². The summed E-state index contributed by atoms with van der Waals surface area (Å²) in [5.41, 5.74) is 6.09. The van der Waals surface area contributed by atoms with Crippen LogP contribution in [0.4, 0.5) is 0 Å². The fraction of sp³-hybridized carbons (Fsp3) is 0.385. The number of benzene rings is 1. The summed E-state index contributed by atoms with van der Waals surface area (Å²) in [4.78, 5) is 25.6. The fourth-order valence-corrected chi connectivity index (χ4v) is 4.02. The predicted octanol–water partition coefficient (Wildman–Crippen LogP) is -1.29. The quantitative estimate of drug-likeness (QED) is 0.295. The largest absolute Gasteiger partial charge is 0.504 e. The lowest BCUT2D eigenvalue weighted by atomic mass is 9.99. The van der Waals surface area contributed by atoms with Crippen molar-refractivity contribution in [3.8, 4) is 11.5 Å². The highest BCUT2D eigenvalue weighted by Crippen LogP contribution is 2.37. The molecular formula is C13H15N3O7S. The average molecular weight is 357 g/mol. The lowest BCUT2D eigenvalue weighted by Gasteiger charge is -2.42. The number of phenols is 2. The van der Waals surface area contributed by atoms with E-state index in [2.05, 4.69) is 0 Å². The van der Waals surface area contributed by atoms with Crippen LogP contribution < -0.4 is 5.73 Å². The smallest absolute Gasteiger partial charge is 0.362 e. The van der Waals surface area contributed by atoms with Gasteiger partial charge in [-0.2, -0.15) is 8.42 Å². The molecule has 0 bridgehead atoms. The van der Waals surface area contributed by atoms with Gasteiger partial charge in [-0.15, -0.1) is 0 Å². The van der Waals surface area contributed by atoms with Gasteiger partial charge in [0.05, 0.1) is 6.04 Å². The number of rotatable bonds is 3. The van der Waals surface area contributed by atoms with Gasteiger partial charge in [-0.25, -0.2) is 4.31 Å². The van der Waals surface area contributed by atoms with Gasteiger partial charge in [-0.05, 0) is 24.1 Å². The molecule has 1 aromatic rings. The first-order chi connectivity index (χ1) is 11.1. The summed E-state index contributed by atoms with van der Waals surface area (Å²) in [5.74, 6) is -2.30. The maximum Gasteiger partial charge on any atom is 0.362 e. The number of β-lactam (4-membered cyclic amide) rings is 1. The number of phenolic OH excluding ortho intramolecular Hbond substituents is 2. The SMILES string of the molecule is NC(C(=O)N1CCC2C1C(=O)N2S(=O)(=O)O)c1ccc(O)c(O)c1. The van der Waals surface area contributed by atoms with Crippen LogP contribution in [0, 0.1) is 0 Å². The third kappa shape index (κ3) is 2.37. The van der Waals surface area contributed by atoms with Crippen LogP contribution in [0.2, 0.25) is 0 Å². The van der Waals surface area contributed by atoms with E-state index in [1.54, 1.807) is 0 Å². The standard InChI is InChI=1S/C13H15N3O7S/c14-10(6-1-2-8(17)9(18)5-6)12(19)15-4-3-7-11(15)13(20)16(7)24(21,22)23/h1-2,5,7,10-11,17-18H,3-4,14H2,(H,21,22,23). The number of likely N-dealkylation sites (tertiary alicyclic amines) is 1. The van der Waals surface area contributed by atoms with Crippen molar-refractivity contribution in [3.05, 3.63) is 23.8 Å². The molecular weight excluding hydrogens is 342 g/mol. The zero-order chi connectivity index (χ0) is 17.8. The Hall–Kier alpha value is -2.37. The second-order valence-electron chi connectivity index (χ2n) is 5.67. The first-order valence-electron chi connectivity index (χ1n) is 7.01. The number of amides is 2. The van der Waals surface area contributed by atoms with Gasteiger partial charge in [-0.1, -0.05) is 6.07 Å². The molecule has 130 valence electrons. The van der Waals surface area contributed by atoms with Gasteiger partial charge in [0.15, 0.2) is 11.5 Å². The van der Waals surface area contributed by atoms with Gasteiger partial charge in [0.1, 0.15) is 12.1 Å². The van der Waals surface area contributed by atoms with Gasteiger partial charge < -0.3 is 20.8 Å². The second kappa shape index (κ2) is 5.33. The molecule has 11 heteroatoms. The zero-order valence-electron chi connectivity index (χ0n) is 12.2. The van der Waals surface area contributed by atoms with Crippen LogP contribution in [0.1, 0.15) is 18.0 Å². The molecule has 2 amide bonds. The molecule has 2 heterocycles. The van der Waals surface area contributed by atoms with Gasteiger partial charge in [-0.3, -0.25) is 14.1 Å². The van der Waals surface area contributed by atoms with Crippen molar-refractivity contribution in [2.24, 2.45) is 5.73 Å². The molecule has 10 nitrogen and oxygen atoms in total. The maximum atomic E-state index is 12.5. The van der Waals surface area contributed by atoms with Crippen molar-refractivity contribution < 1.29 is 32.8 Å². The molecule has 2 saturated heterocycles. The highest BCUT2D eigenvalue weighted by atomic mass is 32.2. The van der Waals surface area contributed by atoms with E-state index in [4.69, 9.17) is 10.3 Å². The Bertz CT molecular complexity index is 825. The predicted molar refractivity (Wildman–Crippen MR) is 79.0 cm³/mol. The summed E-state index contributed by atoms with van der Waals surface area (Å²) in [7, 11) is -4.65. The molecule has 0 spiro atoms. The molecule has 0 saturated carbocycles. The van der Waals surface area contributed by atoms with Gasteiger partial charge in [0.2, 0.25) is 5.91 Å². The summed E-state index contributed by atoms with van der Waals surface area (Å²) in [6.45, 7) is 0.115. The van der Waals surface area contributed by atoms with Gasteiger partial charge >= 0.3 is 10.3 Å². The number of aromatic hydroxyl groups is 2. The Morgan fingerprint density at radius 3 is 2.54 bits per heavy atom. The third-order valence-corrected chi connectivity index (χ3v) is 5.24. The lowest BCUT2D eigenvalue weighted by molar-refractivity contribution is -0.152. The van der Waals surface area contributed by atoms with E-state index in [0.717, 1.165) is 6.07 Å². The van der Waals surface area contributed by atoms with Crippen molar-refractivity contribution in [3.63, 3.8) is 0 Å². The van der Waals surface area contributed by atoms with Crippen molar-refractivity contribution in [1.82, 2.24) is 9.21 Å². The highest BCUT2D eigenvalue weighted by Gasteiger charge is 2.60. The Morgan fingerprint density at radius 2 is 1.96 bits per heavy atom. The molecule has 5 N–H and O–H groups in total. The topological polar surface area (TPSA) is 161 Å². The average Bonchev–Trinajstić information content (AvgIpc) is 2.85. The maximum absolute atomic E-state index is 12.5. The first kappa shape index (κ1) is 16.5. The number of hydrogen-bond donors (Lipinski definition) is 4. The molecule has 24 heavy (non-hydrogen) atoms. The molecule has 3 atom stereocenters. The number of fused-ring (bicyclic) bond motifs is 1. The number of carbonyl (C=O) groups is 2. The molecule has 3 unspecified atom stereocenters.